The van der Waals surface area contributed by atoms with Gasteiger partial charge in [-0.2, -0.15) is 0 Å². The van der Waals surface area contributed by atoms with E-state index in [1.807, 2.05) is 0 Å². The lowest BCUT2D eigenvalue weighted by Gasteiger charge is -2.10. The third-order valence-electron chi connectivity index (χ3n) is 1.21. The number of carbonyl (C=O) groups excluding carboxylic acids is 1. The molecule has 0 saturated heterocycles. The van der Waals surface area contributed by atoms with E-state index in [1.54, 1.807) is 0 Å². The highest BCUT2D eigenvalue weighted by Crippen LogP contribution is 2.31. The molecule has 0 unspecified atom stereocenters. The molecule has 0 aliphatic carbocycles. The van der Waals surface area contributed by atoms with Gasteiger partial charge in [-0.1, -0.05) is 0 Å². The van der Waals surface area contributed by atoms with E-state index in [0.29, 0.717) is 6.29 Å². The summed E-state index contributed by atoms with van der Waals surface area (Å²) in [7, 11) is 0. The van der Waals surface area contributed by atoms with Crippen molar-refractivity contribution < 1.29 is 20.1 Å². The first-order valence-corrected chi connectivity index (χ1v) is 2.83. The molecule has 0 fully saturated rings. The molecule has 1 aromatic rings. The second-order valence-corrected chi connectivity index (χ2v) is 2.01. The maximum Gasteiger partial charge on any atom is 0.150 e. The van der Waals surface area contributed by atoms with Crippen LogP contribution in [-0.2, 0) is 0 Å². The molecule has 2 N–H and O–H groups in total. The molecule has 0 aliphatic rings. The van der Waals surface area contributed by atoms with Gasteiger partial charge in [0.15, 0.2) is 0 Å². The number of phenols is 2. The monoisotopic (exact) mass is 153 g/mol. The maximum atomic E-state index is 10.6. The molecule has 1 rings (SSSR count). The van der Waals surface area contributed by atoms with Crippen LogP contribution in [0.2, 0.25) is 0 Å². The maximum absolute atomic E-state index is 10.6. The Morgan fingerprint density at radius 2 is 1.73 bits per heavy atom. The Morgan fingerprint density at radius 3 is 2.09 bits per heavy atom. The summed E-state index contributed by atoms with van der Waals surface area (Å²) in [5.41, 5.74) is 0.0691. The molecular weight excluding hydrogens is 148 g/mol. The molecule has 0 amide bonds. The van der Waals surface area contributed by atoms with Gasteiger partial charge in [-0.05, 0) is 17.9 Å². The zero-order valence-corrected chi connectivity index (χ0v) is 5.44. The summed E-state index contributed by atoms with van der Waals surface area (Å²) in [5.74, 6) is -2.10. The molecule has 0 aromatic heterocycles. The van der Waals surface area contributed by atoms with Crippen LogP contribution in [0.15, 0.2) is 12.1 Å². The Balaban J connectivity index is 3.31. The molecule has 0 radical (unpaired) electrons. The van der Waals surface area contributed by atoms with Gasteiger partial charge in [0.25, 0.3) is 0 Å². The molecular formula is C7H5O4-. The standard InChI is InChI=1S/C7H6O4/c8-3-4-1-5(9)7(11)6(10)2-4/h1-3,9-11H/p-1. The molecule has 4 heteroatoms. The van der Waals surface area contributed by atoms with Crippen molar-refractivity contribution in [1.29, 1.82) is 0 Å². The van der Waals surface area contributed by atoms with Gasteiger partial charge >= 0.3 is 0 Å². The Hall–Kier alpha value is -1.71. The van der Waals surface area contributed by atoms with Crippen molar-refractivity contribution in [3.63, 3.8) is 0 Å². The first kappa shape index (κ1) is 7.40. The van der Waals surface area contributed by atoms with E-state index in [-0.39, 0.29) is 5.56 Å². The molecule has 0 spiro atoms. The van der Waals surface area contributed by atoms with Crippen LogP contribution in [0, 0.1) is 0 Å². The number of phenolic OH excluding ortho intramolecular Hbond substituents is 2. The van der Waals surface area contributed by atoms with Crippen molar-refractivity contribution in [2.45, 2.75) is 0 Å². The largest absolute Gasteiger partial charge is 0.867 e. The SMILES string of the molecule is O=Cc1cc(O)c([O-])c(O)c1. The summed E-state index contributed by atoms with van der Waals surface area (Å²) < 4.78 is 0. The van der Waals surface area contributed by atoms with Crippen molar-refractivity contribution in [3.8, 4) is 17.2 Å². The van der Waals surface area contributed by atoms with Gasteiger partial charge in [0.2, 0.25) is 0 Å². The minimum atomic E-state index is -0.865. The summed E-state index contributed by atoms with van der Waals surface area (Å²) >= 11 is 0. The Morgan fingerprint density at radius 1 is 1.27 bits per heavy atom. The van der Waals surface area contributed by atoms with E-state index in [4.69, 9.17) is 10.2 Å². The van der Waals surface area contributed by atoms with Crippen molar-refractivity contribution in [2.75, 3.05) is 0 Å². The van der Waals surface area contributed by atoms with Gasteiger partial charge < -0.3 is 15.3 Å². The predicted molar refractivity (Wildman–Crippen MR) is 34.6 cm³/mol. The number of aldehydes is 1. The third-order valence-corrected chi connectivity index (χ3v) is 1.21. The van der Waals surface area contributed by atoms with Gasteiger partial charge in [0, 0.05) is 5.56 Å². The van der Waals surface area contributed by atoms with E-state index < -0.39 is 17.2 Å². The lowest BCUT2D eigenvalue weighted by Crippen LogP contribution is -1.92. The van der Waals surface area contributed by atoms with Crippen molar-refractivity contribution >= 4 is 6.29 Å². The molecule has 0 aliphatic heterocycles. The fourth-order valence-electron chi connectivity index (χ4n) is 0.688. The highest BCUT2D eigenvalue weighted by molar-refractivity contribution is 5.77. The topological polar surface area (TPSA) is 80.6 Å². The highest BCUT2D eigenvalue weighted by Gasteiger charge is 1.99. The van der Waals surface area contributed by atoms with Gasteiger partial charge in [0.1, 0.15) is 17.8 Å². The number of hydrogen-bond donors (Lipinski definition) is 2. The van der Waals surface area contributed by atoms with E-state index in [0.717, 1.165) is 12.1 Å². The van der Waals surface area contributed by atoms with Crippen molar-refractivity contribution in [2.24, 2.45) is 0 Å². The first-order chi connectivity index (χ1) is 5.15. The van der Waals surface area contributed by atoms with E-state index in [9.17, 15) is 9.90 Å². The van der Waals surface area contributed by atoms with Crippen molar-refractivity contribution in [1.82, 2.24) is 0 Å². The summed E-state index contributed by atoms with van der Waals surface area (Å²) in [6.45, 7) is 0. The second-order valence-electron chi connectivity index (χ2n) is 2.01. The smallest absolute Gasteiger partial charge is 0.150 e. The van der Waals surface area contributed by atoms with Crippen LogP contribution in [-0.4, -0.2) is 16.5 Å². The number of hydrogen-bond acceptors (Lipinski definition) is 4. The molecule has 58 valence electrons. The van der Waals surface area contributed by atoms with Crippen LogP contribution in [0.4, 0.5) is 0 Å². The zero-order valence-electron chi connectivity index (χ0n) is 5.44. The lowest BCUT2D eigenvalue weighted by atomic mass is 10.2. The fourth-order valence-corrected chi connectivity index (χ4v) is 0.688. The molecule has 1 aromatic carbocycles. The van der Waals surface area contributed by atoms with Gasteiger partial charge in [0.05, 0.1) is 0 Å². The summed E-state index contributed by atoms with van der Waals surface area (Å²) in [6, 6.07) is 1.99. The average Bonchev–Trinajstić information content (AvgIpc) is 1.99. The van der Waals surface area contributed by atoms with E-state index >= 15 is 0 Å². The highest BCUT2D eigenvalue weighted by atomic mass is 16.3. The van der Waals surface area contributed by atoms with Gasteiger partial charge in [-0.25, -0.2) is 0 Å². The number of aromatic hydroxyl groups is 2. The van der Waals surface area contributed by atoms with Crippen LogP contribution in [0.5, 0.6) is 17.2 Å². The zero-order chi connectivity index (χ0) is 8.43. The van der Waals surface area contributed by atoms with Crippen LogP contribution in [0.3, 0.4) is 0 Å². The third kappa shape index (κ3) is 1.24. The van der Waals surface area contributed by atoms with Gasteiger partial charge in [-0.3, -0.25) is 4.79 Å². The average molecular weight is 153 g/mol. The van der Waals surface area contributed by atoms with Crippen molar-refractivity contribution in [3.05, 3.63) is 17.7 Å². The Kier molecular flexibility index (Phi) is 1.68. The predicted octanol–water partition coefficient (Wildman–Crippen LogP) is -0.0161. The minimum Gasteiger partial charge on any atom is -0.867 e. The van der Waals surface area contributed by atoms with Gasteiger partial charge in [-0.15, -0.1) is 0 Å². The Bertz CT molecular complexity index is 269. The normalized spacial score (nSPS) is 9.45. The number of benzene rings is 1. The first-order valence-electron chi connectivity index (χ1n) is 2.83. The lowest BCUT2D eigenvalue weighted by molar-refractivity contribution is -0.272. The summed E-state index contributed by atoms with van der Waals surface area (Å²) in [6.07, 6.45) is 0.429. The summed E-state index contributed by atoms with van der Waals surface area (Å²) in [5, 5.41) is 28.2. The fraction of sp³-hybridized carbons (Fsp3) is 0. The Labute approximate surface area is 62.3 Å². The molecule has 0 heterocycles. The quantitative estimate of drug-likeness (QED) is 0.556. The van der Waals surface area contributed by atoms with E-state index in [1.165, 1.54) is 0 Å². The molecule has 4 nitrogen and oxygen atoms in total. The van der Waals surface area contributed by atoms with Crippen LogP contribution >= 0.6 is 0 Å². The molecule has 0 saturated carbocycles. The second kappa shape index (κ2) is 2.49. The minimum absolute atomic E-state index is 0.0691. The molecule has 0 bridgehead atoms. The summed E-state index contributed by atoms with van der Waals surface area (Å²) in [4.78, 5) is 10.1. The number of rotatable bonds is 1. The van der Waals surface area contributed by atoms with Crippen LogP contribution < -0.4 is 5.11 Å². The van der Waals surface area contributed by atoms with Crippen LogP contribution in [0.1, 0.15) is 10.4 Å². The molecule has 0 atom stereocenters. The van der Waals surface area contributed by atoms with Crippen LogP contribution in [0.25, 0.3) is 0 Å². The molecule has 11 heavy (non-hydrogen) atoms. The number of carbonyl (C=O) groups is 1. The van der Waals surface area contributed by atoms with E-state index in [2.05, 4.69) is 0 Å².